The first kappa shape index (κ1) is 36.1. The van der Waals surface area contributed by atoms with Gasteiger partial charge < -0.3 is 24.7 Å². The highest BCUT2D eigenvalue weighted by molar-refractivity contribution is 7.27. The second-order valence-electron chi connectivity index (χ2n) is 8.06. The topological polar surface area (TPSA) is 87.3 Å². The van der Waals surface area contributed by atoms with Gasteiger partial charge in [0, 0.05) is 21.9 Å². The third kappa shape index (κ3) is 14.2. The van der Waals surface area contributed by atoms with Gasteiger partial charge >= 0.3 is 0 Å². The van der Waals surface area contributed by atoms with Crippen LogP contribution in [-0.4, -0.2) is 68.5 Å². The zero-order valence-corrected chi connectivity index (χ0v) is 26.2. The number of aromatic nitrogens is 2. The molecule has 0 spiro atoms. The first-order valence-electron chi connectivity index (χ1n) is 13.3. The monoisotopic (exact) mass is 574 g/mol. The maximum Gasteiger partial charge on any atom is 0.292 e. The number of nitrogens with zero attached hydrogens (tertiary/aromatic N) is 2. The van der Waals surface area contributed by atoms with Crippen LogP contribution in [0.4, 0.5) is 0 Å². The van der Waals surface area contributed by atoms with E-state index < -0.39 is 0 Å². The molecular formula is C30H46N4O3S2. The molecule has 0 amide bonds. The fourth-order valence-electron chi connectivity index (χ4n) is 3.19. The van der Waals surface area contributed by atoms with E-state index in [0.717, 1.165) is 12.0 Å². The molecule has 3 aromatic heterocycles. The number of imidazole rings is 1. The van der Waals surface area contributed by atoms with Crippen LogP contribution in [0.3, 0.4) is 0 Å². The van der Waals surface area contributed by atoms with Crippen molar-refractivity contribution in [3.05, 3.63) is 53.6 Å². The summed E-state index contributed by atoms with van der Waals surface area (Å²) in [6.07, 6.45) is 8.50. The zero-order chi connectivity index (χ0) is 29.3. The average Bonchev–Trinajstić information content (AvgIpc) is 3.79. The fraction of sp³-hybridized carbons (Fsp3) is 0.433. The molecule has 1 aliphatic rings. The predicted octanol–water partition coefficient (Wildman–Crippen LogP) is 7.37. The second kappa shape index (κ2) is 24.2. The number of hydrogen-bond donors (Lipinski definition) is 2. The Kier molecular flexibility index (Phi) is 22.4. The van der Waals surface area contributed by atoms with Crippen LogP contribution < -0.4 is 5.32 Å². The molecule has 4 aromatic rings. The Morgan fingerprint density at radius 1 is 1.03 bits per heavy atom. The van der Waals surface area contributed by atoms with Crippen molar-refractivity contribution in [2.75, 3.05) is 40.8 Å². The number of hydrogen-bond acceptors (Lipinski definition) is 8. The lowest BCUT2D eigenvalue weighted by atomic mass is 10.1. The Morgan fingerprint density at radius 3 is 1.95 bits per heavy atom. The minimum atomic E-state index is 0.375. The van der Waals surface area contributed by atoms with Crippen molar-refractivity contribution in [1.82, 2.24) is 20.2 Å². The molecule has 7 nitrogen and oxygen atoms in total. The lowest BCUT2D eigenvalue weighted by Crippen LogP contribution is -2.10. The molecule has 216 valence electrons. The van der Waals surface area contributed by atoms with Crippen LogP contribution in [0.5, 0.6) is 0 Å². The van der Waals surface area contributed by atoms with Gasteiger partial charge in [-0.15, -0.1) is 22.7 Å². The summed E-state index contributed by atoms with van der Waals surface area (Å²) in [4.78, 5) is 27.9. The SMILES string of the molecule is CC.CCC.CN1CCCC1.CNCC=O.COC=O.c1ccc(-c2csc3c(-c4cnc[nH]4)csc23)cc1. The summed E-state index contributed by atoms with van der Waals surface area (Å²) in [5, 5.41) is 7.11. The van der Waals surface area contributed by atoms with Crippen LogP contribution in [0.15, 0.2) is 53.6 Å². The lowest BCUT2D eigenvalue weighted by molar-refractivity contribution is -0.126. The summed E-state index contributed by atoms with van der Waals surface area (Å²) in [6.45, 7) is 11.7. The highest BCUT2D eigenvalue weighted by Crippen LogP contribution is 2.43. The molecule has 0 atom stereocenters. The Labute approximate surface area is 242 Å². The van der Waals surface area contributed by atoms with Crippen molar-refractivity contribution in [2.24, 2.45) is 0 Å². The molecule has 5 rings (SSSR count). The highest BCUT2D eigenvalue weighted by atomic mass is 32.1. The van der Waals surface area contributed by atoms with E-state index >= 15 is 0 Å². The van der Waals surface area contributed by atoms with Crippen LogP contribution in [0.2, 0.25) is 0 Å². The minimum Gasteiger partial charge on any atom is -0.471 e. The van der Waals surface area contributed by atoms with Crippen molar-refractivity contribution in [3.63, 3.8) is 0 Å². The number of carbonyl (C=O) groups excluding carboxylic acids is 2. The van der Waals surface area contributed by atoms with Gasteiger partial charge in [0.15, 0.2) is 0 Å². The number of ether oxygens (including phenoxy) is 1. The highest BCUT2D eigenvalue weighted by Gasteiger charge is 2.13. The van der Waals surface area contributed by atoms with Gasteiger partial charge in [-0.25, -0.2) is 4.98 Å². The van der Waals surface area contributed by atoms with Gasteiger partial charge in [0.25, 0.3) is 6.47 Å². The van der Waals surface area contributed by atoms with Crippen molar-refractivity contribution in [3.8, 4) is 22.4 Å². The van der Waals surface area contributed by atoms with Gasteiger partial charge in [0.1, 0.15) is 6.29 Å². The largest absolute Gasteiger partial charge is 0.471 e. The van der Waals surface area contributed by atoms with E-state index in [0.29, 0.717) is 13.0 Å². The van der Waals surface area contributed by atoms with Crippen molar-refractivity contribution < 1.29 is 14.3 Å². The number of likely N-dealkylation sites (tertiary alicyclic amines) is 1. The number of methoxy groups -OCH3 is 1. The quantitative estimate of drug-likeness (QED) is 0.242. The maximum atomic E-state index is 9.34. The summed E-state index contributed by atoms with van der Waals surface area (Å²) < 4.78 is 6.56. The molecule has 1 aliphatic heterocycles. The van der Waals surface area contributed by atoms with Crippen LogP contribution in [-0.2, 0) is 14.3 Å². The van der Waals surface area contributed by atoms with E-state index in [1.807, 2.05) is 20.0 Å². The number of H-pyrrole nitrogens is 1. The van der Waals surface area contributed by atoms with Gasteiger partial charge in [-0.1, -0.05) is 64.4 Å². The third-order valence-corrected chi connectivity index (χ3v) is 7.03. The van der Waals surface area contributed by atoms with Crippen LogP contribution >= 0.6 is 22.7 Å². The second-order valence-corrected chi connectivity index (χ2v) is 9.82. The fourth-order valence-corrected chi connectivity index (χ4v) is 5.63. The number of nitrogens with one attached hydrogen (secondary N) is 2. The van der Waals surface area contributed by atoms with Gasteiger partial charge in [0.2, 0.25) is 0 Å². The van der Waals surface area contributed by atoms with Crippen LogP contribution in [0, 0.1) is 0 Å². The molecule has 1 saturated heterocycles. The smallest absolute Gasteiger partial charge is 0.292 e. The Bertz CT molecular complexity index is 1090. The number of aromatic amines is 1. The summed E-state index contributed by atoms with van der Waals surface area (Å²) in [5.41, 5.74) is 4.96. The normalized spacial score (nSPS) is 11.5. The molecule has 1 aromatic carbocycles. The van der Waals surface area contributed by atoms with E-state index in [9.17, 15) is 4.79 Å². The van der Waals surface area contributed by atoms with Gasteiger partial charge in [-0.3, -0.25) is 4.79 Å². The minimum absolute atomic E-state index is 0.375. The van der Waals surface area contributed by atoms with E-state index in [1.165, 1.54) is 65.6 Å². The molecule has 0 bridgehead atoms. The zero-order valence-electron chi connectivity index (χ0n) is 24.5. The van der Waals surface area contributed by atoms with Crippen LogP contribution in [0.25, 0.3) is 31.8 Å². The van der Waals surface area contributed by atoms with Crippen molar-refractivity contribution in [1.29, 1.82) is 0 Å². The molecule has 0 unspecified atom stereocenters. The number of benzene rings is 1. The van der Waals surface area contributed by atoms with Gasteiger partial charge in [-0.05, 0) is 45.6 Å². The third-order valence-electron chi connectivity index (χ3n) is 4.87. The summed E-state index contributed by atoms with van der Waals surface area (Å²) in [7, 11) is 5.22. The number of thiophene rings is 2. The van der Waals surface area contributed by atoms with Crippen molar-refractivity contribution in [2.45, 2.75) is 47.0 Å². The average molecular weight is 575 g/mol. The first-order valence-corrected chi connectivity index (χ1v) is 15.1. The molecule has 39 heavy (non-hydrogen) atoms. The van der Waals surface area contributed by atoms with E-state index in [-0.39, 0.29) is 0 Å². The molecular weight excluding hydrogens is 528 g/mol. The van der Waals surface area contributed by atoms with E-state index in [4.69, 9.17) is 4.79 Å². The Morgan fingerprint density at radius 2 is 1.56 bits per heavy atom. The number of carbonyl (C=O) groups is 2. The standard InChI is InChI=1S/C15H10N2S2.C5H11N.C3H7NO.C3H8.C2H4O2.C2H6/c1-2-4-10(5-3-1)11-7-18-15-12(8-19-14(11)15)13-6-16-9-17-13;1-6-4-2-3-5-6;1-4-2-3-5;1-3-2;1-4-2-3;1-2/h1-9H,(H,16,17);2-5H2,1H3;3-4H,2H2,1H3;3H2,1-2H3;2H,1H3;1-2H3. The summed E-state index contributed by atoms with van der Waals surface area (Å²) >= 11 is 3.61. The summed E-state index contributed by atoms with van der Waals surface area (Å²) in [5.74, 6) is 0. The van der Waals surface area contributed by atoms with Crippen LogP contribution in [0.1, 0.15) is 47.0 Å². The van der Waals surface area contributed by atoms with Gasteiger partial charge in [-0.2, -0.15) is 0 Å². The maximum absolute atomic E-state index is 9.34. The lowest BCUT2D eigenvalue weighted by Gasteiger charge is -2.01. The predicted molar refractivity (Wildman–Crippen MR) is 170 cm³/mol. The molecule has 0 saturated carbocycles. The van der Waals surface area contributed by atoms with E-state index in [2.05, 4.69) is 86.9 Å². The summed E-state index contributed by atoms with van der Waals surface area (Å²) in [6, 6.07) is 10.6. The molecule has 2 N–H and O–H groups in total. The van der Waals surface area contributed by atoms with Crippen molar-refractivity contribution >= 4 is 44.8 Å². The first-order chi connectivity index (χ1) is 19.1. The van der Waals surface area contributed by atoms with Gasteiger partial charge in [0.05, 0.1) is 41.3 Å². The molecule has 4 heterocycles. The Hall–Kier alpha value is -2.85. The number of likely N-dealkylation sites (N-methyl/N-ethyl adjacent to an activating group) is 1. The Balaban J connectivity index is 0.000000596. The van der Waals surface area contributed by atoms with E-state index in [1.54, 1.807) is 36.0 Å². The number of rotatable bonds is 5. The molecule has 1 fully saturated rings. The number of fused-ring (bicyclic) bond motifs is 1. The molecule has 0 radical (unpaired) electrons. The number of aldehydes is 1. The molecule has 9 heteroatoms. The molecule has 0 aliphatic carbocycles.